The molecule has 1 unspecified atom stereocenters. The molecule has 4 N–H and O–H groups in total. The van der Waals surface area contributed by atoms with Gasteiger partial charge in [0.1, 0.15) is 0 Å². The molecule has 0 radical (unpaired) electrons. The minimum absolute atomic E-state index is 0.00693. The van der Waals surface area contributed by atoms with Crippen LogP contribution in [0, 0.1) is 0 Å². The van der Waals surface area contributed by atoms with Gasteiger partial charge in [-0.3, -0.25) is 9.59 Å². The molecule has 0 spiro atoms. The Morgan fingerprint density at radius 1 is 1.12 bits per heavy atom. The molecule has 0 aromatic heterocycles. The van der Waals surface area contributed by atoms with E-state index in [1.165, 1.54) is 38.1 Å². The van der Waals surface area contributed by atoms with Crippen molar-refractivity contribution in [1.29, 1.82) is 0 Å². The van der Waals surface area contributed by atoms with Crippen LogP contribution in [0.3, 0.4) is 0 Å². The van der Waals surface area contributed by atoms with E-state index in [9.17, 15) is 18.0 Å². The van der Waals surface area contributed by atoms with Crippen LogP contribution in [0.1, 0.15) is 13.8 Å². The normalized spacial score (nSPS) is 12.4. The van der Waals surface area contributed by atoms with Crippen LogP contribution in [0.4, 0.5) is 5.69 Å². The van der Waals surface area contributed by atoms with Crippen molar-refractivity contribution in [3.05, 3.63) is 24.3 Å². The molecule has 0 fully saturated rings. The molecular formula is C16H26N4O5S. The van der Waals surface area contributed by atoms with Crippen molar-refractivity contribution < 1.29 is 22.7 Å². The van der Waals surface area contributed by atoms with E-state index in [1.807, 2.05) is 0 Å². The summed E-state index contributed by atoms with van der Waals surface area (Å²) in [5, 5.41) is 8.26. The van der Waals surface area contributed by atoms with E-state index >= 15 is 0 Å². The molecule has 1 atom stereocenters. The fourth-order valence-electron chi connectivity index (χ4n) is 2.00. The molecule has 0 saturated carbocycles. The maximum atomic E-state index is 12.3. The van der Waals surface area contributed by atoms with Gasteiger partial charge >= 0.3 is 0 Å². The number of carbonyl (C=O) groups is 2. The first-order chi connectivity index (χ1) is 12.3. The Hall–Kier alpha value is -2.01. The summed E-state index contributed by atoms with van der Waals surface area (Å²) in [6, 6.07) is 4.75. The predicted molar refractivity (Wildman–Crippen MR) is 98.3 cm³/mol. The number of ether oxygens (including phenoxy) is 1. The molecule has 26 heavy (non-hydrogen) atoms. The summed E-state index contributed by atoms with van der Waals surface area (Å²) in [5.74, 6) is -0.669. The summed E-state index contributed by atoms with van der Waals surface area (Å²) in [6.45, 7) is 5.00. The number of rotatable bonds is 11. The number of methoxy groups -OCH3 is 1. The van der Waals surface area contributed by atoms with E-state index < -0.39 is 22.0 Å². The third kappa shape index (κ3) is 7.91. The van der Waals surface area contributed by atoms with Crippen LogP contribution >= 0.6 is 0 Å². The zero-order valence-corrected chi connectivity index (χ0v) is 16.0. The molecular weight excluding hydrogens is 360 g/mol. The van der Waals surface area contributed by atoms with Crippen LogP contribution in [0.25, 0.3) is 0 Å². The van der Waals surface area contributed by atoms with Crippen molar-refractivity contribution in [1.82, 2.24) is 15.4 Å². The highest BCUT2D eigenvalue weighted by Gasteiger charge is 2.21. The average Bonchev–Trinajstić information content (AvgIpc) is 2.57. The second-order valence-corrected chi connectivity index (χ2v) is 7.30. The first kappa shape index (κ1) is 22.0. The third-order valence-corrected chi connectivity index (χ3v) is 4.85. The minimum Gasteiger partial charge on any atom is -0.383 e. The molecule has 2 amide bonds. The number of hydrogen-bond donors (Lipinski definition) is 4. The van der Waals surface area contributed by atoms with Gasteiger partial charge < -0.3 is 20.7 Å². The van der Waals surface area contributed by atoms with E-state index in [0.29, 0.717) is 31.9 Å². The van der Waals surface area contributed by atoms with Crippen LogP contribution in [0.2, 0.25) is 0 Å². The fraction of sp³-hybridized carbons (Fsp3) is 0.500. The quantitative estimate of drug-likeness (QED) is 0.386. The highest BCUT2D eigenvalue weighted by Crippen LogP contribution is 2.14. The smallest absolute Gasteiger partial charge is 0.241 e. The molecule has 0 aliphatic heterocycles. The van der Waals surface area contributed by atoms with Crippen molar-refractivity contribution in [2.24, 2.45) is 0 Å². The minimum atomic E-state index is -3.85. The van der Waals surface area contributed by atoms with Crippen LogP contribution < -0.4 is 20.7 Å². The van der Waals surface area contributed by atoms with Crippen molar-refractivity contribution in [3.8, 4) is 0 Å². The predicted octanol–water partition coefficient (Wildman–Crippen LogP) is -0.336. The van der Waals surface area contributed by atoms with Gasteiger partial charge in [-0.25, -0.2) is 8.42 Å². The number of sulfonamides is 1. The molecule has 0 saturated heterocycles. The number of anilines is 1. The zero-order valence-electron chi connectivity index (χ0n) is 15.2. The summed E-state index contributed by atoms with van der Waals surface area (Å²) in [6.07, 6.45) is 0. The Balaban J connectivity index is 2.51. The van der Waals surface area contributed by atoms with Gasteiger partial charge in [-0.15, -0.1) is 0 Å². The summed E-state index contributed by atoms with van der Waals surface area (Å²) >= 11 is 0. The number of hydrogen-bond acceptors (Lipinski definition) is 6. The Labute approximate surface area is 153 Å². The lowest BCUT2D eigenvalue weighted by molar-refractivity contribution is -0.122. The first-order valence-corrected chi connectivity index (χ1v) is 9.62. The Kier molecular flexibility index (Phi) is 9.21. The third-order valence-electron chi connectivity index (χ3n) is 3.29. The van der Waals surface area contributed by atoms with E-state index in [4.69, 9.17) is 4.74 Å². The average molecular weight is 386 g/mol. The van der Waals surface area contributed by atoms with Crippen LogP contribution in [0.15, 0.2) is 29.2 Å². The van der Waals surface area contributed by atoms with Gasteiger partial charge in [0.25, 0.3) is 0 Å². The van der Waals surface area contributed by atoms with Gasteiger partial charge in [-0.1, -0.05) is 0 Å². The van der Waals surface area contributed by atoms with Crippen LogP contribution in [0.5, 0.6) is 0 Å². The van der Waals surface area contributed by atoms with Crippen molar-refractivity contribution in [2.75, 3.05) is 38.7 Å². The molecule has 0 bridgehead atoms. The molecule has 0 aliphatic rings. The SMILES string of the molecule is COCCNCCNC(=O)C(C)NS(=O)(=O)c1ccc(NC(C)=O)cc1. The second-order valence-electron chi connectivity index (χ2n) is 5.58. The van der Waals surface area contributed by atoms with Crippen LogP contribution in [-0.4, -0.2) is 59.6 Å². The van der Waals surface area contributed by atoms with Gasteiger partial charge in [-0.05, 0) is 31.2 Å². The highest BCUT2D eigenvalue weighted by atomic mass is 32.2. The number of carbonyl (C=O) groups excluding carboxylic acids is 2. The number of amides is 2. The molecule has 0 aliphatic carbocycles. The van der Waals surface area contributed by atoms with Crippen LogP contribution in [-0.2, 0) is 24.3 Å². The summed E-state index contributed by atoms with van der Waals surface area (Å²) < 4.78 is 31.9. The summed E-state index contributed by atoms with van der Waals surface area (Å²) in [5.41, 5.74) is 0.489. The lowest BCUT2D eigenvalue weighted by Gasteiger charge is -2.15. The maximum absolute atomic E-state index is 12.3. The van der Waals surface area contributed by atoms with E-state index in [0.717, 1.165) is 0 Å². The Morgan fingerprint density at radius 3 is 2.35 bits per heavy atom. The summed E-state index contributed by atoms with van der Waals surface area (Å²) in [4.78, 5) is 23.0. The van der Waals surface area contributed by atoms with Gasteiger partial charge in [0.2, 0.25) is 21.8 Å². The van der Waals surface area contributed by atoms with Crippen molar-refractivity contribution in [3.63, 3.8) is 0 Å². The molecule has 146 valence electrons. The second kappa shape index (κ2) is 10.9. The van der Waals surface area contributed by atoms with E-state index in [2.05, 4.69) is 20.7 Å². The topological polar surface area (TPSA) is 126 Å². The van der Waals surface area contributed by atoms with Gasteiger partial charge in [0.05, 0.1) is 17.5 Å². The molecule has 10 heteroatoms. The van der Waals surface area contributed by atoms with Gasteiger partial charge in [-0.2, -0.15) is 4.72 Å². The Bertz CT molecular complexity index is 691. The zero-order chi connectivity index (χ0) is 19.6. The maximum Gasteiger partial charge on any atom is 0.241 e. The van der Waals surface area contributed by atoms with Gasteiger partial charge in [0, 0.05) is 39.4 Å². The lowest BCUT2D eigenvalue weighted by atomic mass is 10.3. The van der Waals surface area contributed by atoms with Crippen molar-refractivity contribution in [2.45, 2.75) is 24.8 Å². The molecule has 1 aromatic rings. The fourth-order valence-corrected chi connectivity index (χ4v) is 3.20. The van der Waals surface area contributed by atoms with E-state index in [1.54, 1.807) is 7.11 Å². The first-order valence-electron chi connectivity index (χ1n) is 8.13. The molecule has 0 heterocycles. The largest absolute Gasteiger partial charge is 0.383 e. The monoisotopic (exact) mass is 386 g/mol. The molecule has 1 aromatic carbocycles. The molecule has 1 rings (SSSR count). The van der Waals surface area contributed by atoms with Crippen molar-refractivity contribution >= 4 is 27.5 Å². The standard InChI is InChI=1S/C16H26N4O5S/c1-12(16(22)18-9-8-17-10-11-25-3)20-26(23,24)15-6-4-14(5-7-15)19-13(2)21/h4-7,12,17,20H,8-11H2,1-3H3,(H,18,22)(H,19,21). The Morgan fingerprint density at radius 2 is 1.77 bits per heavy atom. The highest BCUT2D eigenvalue weighted by molar-refractivity contribution is 7.89. The van der Waals surface area contributed by atoms with Gasteiger partial charge in [0.15, 0.2) is 0 Å². The number of nitrogens with one attached hydrogen (secondary N) is 4. The van der Waals surface area contributed by atoms with E-state index in [-0.39, 0.29) is 10.8 Å². The number of benzene rings is 1. The lowest BCUT2D eigenvalue weighted by Crippen LogP contribution is -2.46. The summed E-state index contributed by atoms with van der Waals surface area (Å²) in [7, 11) is -2.25. The molecule has 9 nitrogen and oxygen atoms in total.